The van der Waals surface area contributed by atoms with E-state index in [0.717, 1.165) is 39.0 Å². The van der Waals surface area contributed by atoms with Crippen LogP contribution in [0.15, 0.2) is 47.6 Å². The zero-order chi connectivity index (χ0) is 15.0. The van der Waals surface area contributed by atoms with Gasteiger partial charge in [0, 0.05) is 28.4 Å². The number of nitrogens with one attached hydrogen (secondary N) is 1. The lowest BCUT2D eigenvalue weighted by atomic mass is 10.0. The fraction of sp³-hybridized carbons (Fsp3) is 0.167. The Morgan fingerprint density at radius 2 is 1.90 bits per heavy atom. The number of benzene rings is 2. The molecule has 3 aromatic rings. The van der Waals surface area contributed by atoms with Gasteiger partial charge in [-0.3, -0.25) is 4.99 Å². The van der Waals surface area contributed by atoms with E-state index in [-0.39, 0.29) is 5.82 Å². The highest BCUT2D eigenvalue weighted by molar-refractivity contribution is 5.96. The Morgan fingerprint density at radius 3 is 2.62 bits per heavy atom. The summed E-state index contributed by atoms with van der Waals surface area (Å²) in [4.78, 5) is 7.64. The number of hydrogen-bond donors (Lipinski definition) is 1. The zero-order valence-electron chi connectivity index (χ0n) is 12.4. The summed E-state index contributed by atoms with van der Waals surface area (Å²) in [5.74, 6) is -0.227. The molecule has 0 bridgehead atoms. The fourth-order valence-electron chi connectivity index (χ4n) is 2.53. The van der Waals surface area contributed by atoms with Crippen molar-refractivity contribution in [2.75, 3.05) is 0 Å². The second-order valence-electron chi connectivity index (χ2n) is 5.45. The standard InChI is InChI=1S/C18H17FN2/c1-11(2)21-17-7-4-13(8-12(17)3)16-10-20-18-9-14(19)5-6-15(16)18/h4-10,20H,1-3H3. The van der Waals surface area contributed by atoms with Crippen molar-refractivity contribution in [3.8, 4) is 11.1 Å². The topological polar surface area (TPSA) is 28.1 Å². The largest absolute Gasteiger partial charge is 0.360 e. The van der Waals surface area contributed by atoms with Crippen LogP contribution in [0.1, 0.15) is 19.4 Å². The van der Waals surface area contributed by atoms with Crippen LogP contribution in [0.25, 0.3) is 22.0 Å². The van der Waals surface area contributed by atoms with Crippen LogP contribution in [-0.2, 0) is 0 Å². The Labute approximate surface area is 123 Å². The third-order valence-corrected chi connectivity index (χ3v) is 3.50. The van der Waals surface area contributed by atoms with Gasteiger partial charge >= 0.3 is 0 Å². The van der Waals surface area contributed by atoms with Crippen molar-refractivity contribution in [2.24, 2.45) is 4.99 Å². The second kappa shape index (κ2) is 5.17. The molecule has 1 N–H and O–H groups in total. The molecule has 0 aliphatic heterocycles. The van der Waals surface area contributed by atoms with Gasteiger partial charge in [-0.25, -0.2) is 4.39 Å². The zero-order valence-corrected chi connectivity index (χ0v) is 12.4. The first kappa shape index (κ1) is 13.6. The van der Waals surface area contributed by atoms with E-state index in [1.807, 2.05) is 32.2 Å². The summed E-state index contributed by atoms with van der Waals surface area (Å²) < 4.78 is 13.3. The number of rotatable bonds is 2. The van der Waals surface area contributed by atoms with E-state index in [1.165, 1.54) is 12.1 Å². The van der Waals surface area contributed by atoms with E-state index in [4.69, 9.17) is 0 Å². The summed E-state index contributed by atoms with van der Waals surface area (Å²) in [6.45, 7) is 6.03. The first-order valence-corrected chi connectivity index (χ1v) is 6.94. The molecular formula is C18H17FN2. The lowest BCUT2D eigenvalue weighted by Crippen LogP contribution is -1.83. The summed E-state index contributed by atoms with van der Waals surface area (Å²) in [5, 5.41) is 1.03. The number of H-pyrrole nitrogens is 1. The summed E-state index contributed by atoms with van der Waals surface area (Å²) in [5.41, 5.74) is 6.16. The molecule has 0 saturated carbocycles. The normalized spacial score (nSPS) is 10.9. The molecule has 1 heterocycles. The Balaban J connectivity index is 2.11. The minimum Gasteiger partial charge on any atom is -0.360 e. The summed E-state index contributed by atoms with van der Waals surface area (Å²) in [7, 11) is 0. The molecule has 2 nitrogen and oxygen atoms in total. The number of aliphatic imine (C=N–C) groups is 1. The lowest BCUT2D eigenvalue weighted by Gasteiger charge is -2.05. The Kier molecular flexibility index (Phi) is 3.34. The quantitative estimate of drug-likeness (QED) is 0.609. The van der Waals surface area contributed by atoms with Gasteiger partial charge in [-0.15, -0.1) is 0 Å². The molecule has 0 saturated heterocycles. The molecule has 0 spiro atoms. The van der Waals surface area contributed by atoms with Crippen LogP contribution in [-0.4, -0.2) is 10.7 Å². The number of halogens is 1. The molecule has 0 unspecified atom stereocenters. The van der Waals surface area contributed by atoms with Crippen LogP contribution in [0.5, 0.6) is 0 Å². The van der Waals surface area contributed by atoms with Crippen LogP contribution in [0.2, 0.25) is 0 Å². The molecule has 0 fully saturated rings. The smallest absolute Gasteiger partial charge is 0.125 e. The third kappa shape index (κ3) is 2.59. The monoisotopic (exact) mass is 280 g/mol. The van der Waals surface area contributed by atoms with Gasteiger partial charge < -0.3 is 4.98 Å². The number of nitrogens with zero attached hydrogens (tertiary/aromatic N) is 1. The van der Waals surface area contributed by atoms with Crippen molar-refractivity contribution < 1.29 is 4.39 Å². The van der Waals surface area contributed by atoms with Crippen molar-refractivity contribution in [2.45, 2.75) is 20.8 Å². The van der Waals surface area contributed by atoms with Crippen molar-refractivity contribution in [3.63, 3.8) is 0 Å². The second-order valence-corrected chi connectivity index (χ2v) is 5.45. The highest BCUT2D eigenvalue weighted by Gasteiger charge is 2.08. The summed E-state index contributed by atoms with van der Waals surface area (Å²) >= 11 is 0. The maximum Gasteiger partial charge on any atom is 0.125 e. The average Bonchev–Trinajstić information content (AvgIpc) is 2.83. The molecule has 0 atom stereocenters. The molecule has 106 valence electrons. The van der Waals surface area contributed by atoms with Crippen LogP contribution in [0, 0.1) is 12.7 Å². The maximum atomic E-state index is 13.3. The average molecular weight is 280 g/mol. The van der Waals surface area contributed by atoms with Gasteiger partial charge in [0.1, 0.15) is 5.82 Å². The number of hydrogen-bond acceptors (Lipinski definition) is 1. The van der Waals surface area contributed by atoms with Crippen LogP contribution < -0.4 is 0 Å². The third-order valence-electron chi connectivity index (χ3n) is 3.50. The highest BCUT2D eigenvalue weighted by atomic mass is 19.1. The predicted molar refractivity (Wildman–Crippen MR) is 86.9 cm³/mol. The predicted octanol–water partition coefficient (Wildman–Crippen LogP) is 5.39. The van der Waals surface area contributed by atoms with Gasteiger partial charge in [-0.2, -0.15) is 0 Å². The molecule has 21 heavy (non-hydrogen) atoms. The number of aryl methyl sites for hydroxylation is 1. The van der Waals surface area contributed by atoms with Gasteiger partial charge in [0.2, 0.25) is 0 Å². The molecule has 3 rings (SSSR count). The number of fused-ring (bicyclic) bond motifs is 1. The summed E-state index contributed by atoms with van der Waals surface area (Å²) in [6.07, 6.45) is 1.92. The van der Waals surface area contributed by atoms with E-state index in [2.05, 4.69) is 29.0 Å². The maximum absolute atomic E-state index is 13.3. The van der Waals surface area contributed by atoms with Gasteiger partial charge in [0.25, 0.3) is 0 Å². The first-order valence-electron chi connectivity index (χ1n) is 6.94. The van der Waals surface area contributed by atoms with Gasteiger partial charge in [0.15, 0.2) is 0 Å². The van der Waals surface area contributed by atoms with Gasteiger partial charge in [0.05, 0.1) is 5.69 Å². The Hall–Kier alpha value is -2.42. The SMILES string of the molecule is CC(C)=Nc1ccc(-c2c[nH]c3cc(F)ccc23)cc1C. The Bertz CT molecular complexity index is 840. The van der Waals surface area contributed by atoms with Crippen LogP contribution in [0.3, 0.4) is 0 Å². The van der Waals surface area contributed by atoms with Crippen molar-refractivity contribution in [3.05, 3.63) is 54.0 Å². The molecule has 0 amide bonds. The van der Waals surface area contributed by atoms with E-state index in [1.54, 1.807) is 0 Å². The van der Waals surface area contributed by atoms with E-state index in [9.17, 15) is 4.39 Å². The highest BCUT2D eigenvalue weighted by Crippen LogP contribution is 2.32. The van der Waals surface area contributed by atoms with Crippen LogP contribution >= 0.6 is 0 Å². The van der Waals surface area contributed by atoms with Crippen molar-refractivity contribution >= 4 is 22.3 Å². The van der Waals surface area contributed by atoms with Crippen LogP contribution in [0.4, 0.5) is 10.1 Å². The van der Waals surface area contributed by atoms with E-state index < -0.39 is 0 Å². The molecule has 0 aliphatic rings. The number of aromatic amines is 1. The molecule has 3 heteroatoms. The Morgan fingerprint density at radius 1 is 1.10 bits per heavy atom. The lowest BCUT2D eigenvalue weighted by molar-refractivity contribution is 0.629. The summed E-state index contributed by atoms with van der Waals surface area (Å²) in [6, 6.07) is 11.0. The molecular weight excluding hydrogens is 263 g/mol. The molecule has 1 aromatic heterocycles. The molecule has 0 radical (unpaired) electrons. The van der Waals surface area contributed by atoms with E-state index in [0.29, 0.717) is 0 Å². The van der Waals surface area contributed by atoms with Crippen molar-refractivity contribution in [1.82, 2.24) is 4.98 Å². The van der Waals surface area contributed by atoms with Crippen molar-refractivity contribution in [1.29, 1.82) is 0 Å². The minimum absolute atomic E-state index is 0.227. The first-order chi connectivity index (χ1) is 10.0. The van der Waals surface area contributed by atoms with Gasteiger partial charge in [-0.05, 0) is 62.2 Å². The molecule has 2 aromatic carbocycles. The fourth-order valence-corrected chi connectivity index (χ4v) is 2.53. The minimum atomic E-state index is -0.227. The molecule has 0 aliphatic carbocycles. The van der Waals surface area contributed by atoms with Gasteiger partial charge in [-0.1, -0.05) is 6.07 Å². The van der Waals surface area contributed by atoms with E-state index >= 15 is 0 Å². The number of aromatic nitrogens is 1.